The van der Waals surface area contributed by atoms with Crippen molar-refractivity contribution in [1.82, 2.24) is 4.57 Å². The first kappa shape index (κ1) is 36.7. The Balaban J connectivity index is 0.927. The summed E-state index contributed by atoms with van der Waals surface area (Å²) >= 11 is 0. The van der Waals surface area contributed by atoms with Crippen molar-refractivity contribution < 1.29 is 4.42 Å². The third-order valence-electron chi connectivity index (χ3n) is 14.3. The van der Waals surface area contributed by atoms with Crippen LogP contribution >= 0.6 is 0 Å². The van der Waals surface area contributed by atoms with E-state index in [1.54, 1.807) is 0 Å². The van der Waals surface area contributed by atoms with E-state index in [0.717, 1.165) is 40.5 Å². The SMILES string of the molecule is C1=CC(N(C2=CC=C3c4ccccc4C(c4ccccc4)(c4ccccc4)C3C2)c2ccc3c(c2)oc2ccccc23)CC=C1c1ccc2c(c1)c1ccccc1n2-c1ccccc1. The van der Waals surface area contributed by atoms with Crippen LogP contribution in [0.2, 0.25) is 0 Å². The van der Waals surface area contributed by atoms with E-state index in [-0.39, 0.29) is 17.4 Å². The van der Waals surface area contributed by atoms with Crippen LogP contribution in [0.3, 0.4) is 0 Å². The zero-order chi connectivity index (χ0) is 42.2. The number of anilines is 1. The average molecular weight is 821 g/mol. The first-order chi connectivity index (χ1) is 31.7. The molecule has 13 rings (SSSR count). The Morgan fingerprint density at radius 3 is 2.00 bits per heavy atom. The van der Waals surface area contributed by atoms with Crippen LogP contribution in [-0.2, 0) is 5.41 Å². The van der Waals surface area contributed by atoms with Crippen molar-refractivity contribution in [2.24, 2.45) is 5.92 Å². The van der Waals surface area contributed by atoms with E-state index < -0.39 is 0 Å². The topological polar surface area (TPSA) is 21.3 Å². The molecule has 0 aliphatic heterocycles. The second-order valence-electron chi connectivity index (χ2n) is 17.5. The summed E-state index contributed by atoms with van der Waals surface area (Å²) in [6.07, 6.45) is 13.8. The molecule has 64 heavy (non-hydrogen) atoms. The lowest BCUT2D eigenvalue weighted by molar-refractivity contribution is 0.467. The minimum atomic E-state index is -0.365. The molecule has 2 aromatic heterocycles. The summed E-state index contributed by atoms with van der Waals surface area (Å²) in [7, 11) is 0. The van der Waals surface area contributed by atoms with Gasteiger partial charge in [0.2, 0.25) is 0 Å². The van der Waals surface area contributed by atoms with Gasteiger partial charge in [-0.3, -0.25) is 0 Å². The first-order valence-corrected chi connectivity index (χ1v) is 22.5. The second-order valence-corrected chi connectivity index (χ2v) is 17.5. The molecule has 2 unspecified atom stereocenters. The summed E-state index contributed by atoms with van der Waals surface area (Å²) in [5.74, 6) is 0.176. The predicted molar refractivity (Wildman–Crippen MR) is 266 cm³/mol. The van der Waals surface area contributed by atoms with Crippen molar-refractivity contribution in [2.45, 2.75) is 24.3 Å². The van der Waals surface area contributed by atoms with E-state index in [9.17, 15) is 0 Å². The monoisotopic (exact) mass is 820 g/mol. The molecule has 0 amide bonds. The smallest absolute Gasteiger partial charge is 0.137 e. The number of rotatable bonds is 7. The highest BCUT2D eigenvalue weighted by Gasteiger charge is 2.52. The van der Waals surface area contributed by atoms with Crippen molar-refractivity contribution in [1.29, 1.82) is 0 Å². The van der Waals surface area contributed by atoms with Gasteiger partial charge >= 0.3 is 0 Å². The summed E-state index contributed by atoms with van der Waals surface area (Å²) in [6, 6.07) is 73.3. The van der Waals surface area contributed by atoms with E-state index >= 15 is 0 Å². The van der Waals surface area contributed by atoms with Gasteiger partial charge in [-0.15, -0.1) is 0 Å². The van der Waals surface area contributed by atoms with Crippen LogP contribution in [0, 0.1) is 5.92 Å². The van der Waals surface area contributed by atoms with Crippen LogP contribution in [0.15, 0.2) is 241 Å². The summed E-state index contributed by atoms with van der Waals surface area (Å²) in [5, 5.41) is 4.82. The normalized spacial score (nSPS) is 17.6. The fourth-order valence-corrected chi connectivity index (χ4v) is 11.5. The summed E-state index contributed by atoms with van der Waals surface area (Å²) in [6.45, 7) is 0. The molecule has 10 aromatic rings. The molecule has 3 nitrogen and oxygen atoms in total. The van der Waals surface area contributed by atoms with Gasteiger partial charge in [-0.25, -0.2) is 0 Å². The molecule has 8 aromatic carbocycles. The Bertz CT molecular complexity index is 3530. The molecule has 304 valence electrons. The van der Waals surface area contributed by atoms with Gasteiger partial charge in [0.25, 0.3) is 0 Å². The zero-order valence-corrected chi connectivity index (χ0v) is 35.3. The van der Waals surface area contributed by atoms with Gasteiger partial charge in [0.1, 0.15) is 11.2 Å². The molecule has 0 fully saturated rings. The number of para-hydroxylation sites is 3. The number of hydrogen-bond acceptors (Lipinski definition) is 2. The summed E-state index contributed by atoms with van der Waals surface area (Å²) in [5.41, 5.74) is 16.8. The van der Waals surface area contributed by atoms with Crippen LogP contribution in [0.1, 0.15) is 40.7 Å². The average Bonchev–Trinajstić information content (AvgIpc) is 4.01. The molecule has 3 aliphatic rings. The highest BCUT2D eigenvalue weighted by atomic mass is 16.3. The highest BCUT2D eigenvalue weighted by Crippen LogP contribution is 2.60. The fourth-order valence-electron chi connectivity index (χ4n) is 11.5. The number of furan rings is 1. The van der Waals surface area contributed by atoms with Crippen LogP contribution in [0.5, 0.6) is 0 Å². The summed E-state index contributed by atoms with van der Waals surface area (Å²) in [4.78, 5) is 2.60. The van der Waals surface area contributed by atoms with Gasteiger partial charge in [0.15, 0.2) is 0 Å². The molecule has 0 spiro atoms. The van der Waals surface area contributed by atoms with Crippen LogP contribution in [0.4, 0.5) is 5.69 Å². The Morgan fingerprint density at radius 1 is 0.547 bits per heavy atom. The number of hydrogen-bond donors (Lipinski definition) is 0. The van der Waals surface area contributed by atoms with E-state index in [1.165, 1.54) is 72.2 Å². The third kappa shape index (κ3) is 5.53. The van der Waals surface area contributed by atoms with Crippen LogP contribution < -0.4 is 4.90 Å². The minimum absolute atomic E-state index is 0.0853. The molecule has 2 atom stereocenters. The van der Waals surface area contributed by atoms with Crippen molar-refractivity contribution in [3.63, 3.8) is 0 Å². The van der Waals surface area contributed by atoms with Gasteiger partial charge in [-0.05, 0) is 106 Å². The predicted octanol–water partition coefficient (Wildman–Crippen LogP) is 15.2. The third-order valence-corrected chi connectivity index (χ3v) is 14.3. The standard InChI is InChI=1S/C61H44N2O/c1-4-16-43(17-5-1)61(44-18-6-2-7-19-44)55-25-13-10-22-49(55)50-35-33-47(39-56(50)61)62(48-34-36-53-52-24-12-15-27-59(52)64-60(53)40-48)46-31-28-41(29-32-46)42-30-37-58-54(38-42)51-23-11-14-26-57(51)63(58)45-20-8-3-9-21-45/h1-31,33-38,40,46,56H,32,39H2. The molecule has 0 saturated heterocycles. The number of fused-ring (bicyclic) bond motifs is 9. The molecular formula is C61H44N2O. The number of nitrogens with zero attached hydrogens (tertiary/aromatic N) is 2. The zero-order valence-electron chi connectivity index (χ0n) is 35.3. The molecule has 0 N–H and O–H groups in total. The van der Waals surface area contributed by atoms with Crippen LogP contribution in [-0.4, -0.2) is 10.6 Å². The molecular weight excluding hydrogens is 777 g/mol. The molecule has 2 heterocycles. The van der Waals surface area contributed by atoms with Crippen molar-refractivity contribution >= 4 is 60.6 Å². The Hall–Kier alpha value is -7.88. The number of benzene rings is 8. The number of aromatic nitrogens is 1. The maximum absolute atomic E-state index is 6.56. The number of allylic oxidation sites excluding steroid dienone is 6. The van der Waals surface area contributed by atoms with E-state index in [4.69, 9.17) is 4.42 Å². The Morgan fingerprint density at radius 2 is 1.22 bits per heavy atom. The van der Waals surface area contributed by atoms with E-state index in [1.807, 2.05) is 0 Å². The first-order valence-electron chi connectivity index (χ1n) is 22.5. The molecule has 0 saturated carbocycles. The Labute approximate surface area is 372 Å². The molecule has 3 aliphatic carbocycles. The van der Waals surface area contributed by atoms with E-state index in [2.05, 4.69) is 240 Å². The Kier molecular flexibility index (Phi) is 8.39. The van der Waals surface area contributed by atoms with Crippen molar-refractivity contribution in [3.05, 3.63) is 264 Å². The van der Waals surface area contributed by atoms with Gasteiger partial charge in [-0.2, -0.15) is 0 Å². The lowest BCUT2D eigenvalue weighted by Crippen LogP contribution is -2.39. The molecule has 0 radical (unpaired) electrons. The molecule has 3 heteroatoms. The van der Waals surface area contributed by atoms with Gasteiger partial charge < -0.3 is 13.9 Å². The van der Waals surface area contributed by atoms with Crippen molar-refractivity contribution in [2.75, 3.05) is 4.90 Å². The lowest BCUT2D eigenvalue weighted by atomic mass is 9.62. The second kappa shape index (κ2) is 14.6. The maximum Gasteiger partial charge on any atom is 0.137 e. The maximum atomic E-state index is 6.56. The molecule has 0 bridgehead atoms. The fraction of sp³-hybridized carbons (Fsp3) is 0.0820. The largest absolute Gasteiger partial charge is 0.456 e. The highest BCUT2D eigenvalue weighted by molar-refractivity contribution is 6.10. The van der Waals surface area contributed by atoms with Gasteiger partial charge in [0, 0.05) is 50.6 Å². The van der Waals surface area contributed by atoms with Crippen molar-refractivity contribution in [3.8, 4) is 5.69 Å². The van der Waals surface area contributed by atoms with Gasteiger partial charge in [0.05, 0.1) is 22.5 Å². The minimum Gasteiger partial charge on any atom is -0.456 e. The lowest BCUT2D eigenvalue weighted by Gasteiger charge is -2.43. The van der Waals surface area contributed by atoms with E-state index in [0.29, 0.717) is 0 Å². The van der Waals surface area contributed by atoms with Crippen LogP contribution in [0.25, 0.3) is 60.6 Å². The summed E-state index contributed by atoms with van der Waals surface area (Å²) < 4.78 is 8.95. The quantitative estimate of drug-likeness (QED) is 0.160. The van der Waals surface area contributed by atoms with Gasteiger partial charge in [-0.1, -0.05) is 170 Å².